The highest BCUT2D eigenvalue weighted by molar-refractivity contribution is 7.96. The minimum absolute atomic E-state index is 0.00394. The molecule has 0 heterocycles. The molecule has 12 heteroatoms. The number of carbonyl (C=O) groups excluding carboxylic acids is 2. The van der Waals surface area contributed by atoms with Crippen LogP contribution in [0.25, 0.3) is 0 Å². The molecule has 1 atom stereocenters. The summed E-state index contributed by atoms with van der Waals surface area (Å²) in [4.78, 5) is 24.8. The van der Waals surface area contributed by atoms with Crippen molar-refractivity contribution in [3.05, 3.63) is 87.7 Å². The van der Waals surface area contributed by atoms with Crippen molar-refractivity contribution in [2.45, 2.75) is 25.5 Å². The molecule has 0 spiro atoms. The van der Waals surface area contributed by atoms with E-state index in [-0.39, 0.29) is 48.2 Å². The number of aliphatic hydroxyl groups excluding tert-OH is 1. The average molecular weight is 550 g/mol. The summed E-state index contributed by atoms with van der Waals surface area (Å²) in [7, 11) is -2.93. The third-order valence-corrected chi connectivity index (χ3v) is 7.66. The van der Waals surface area contributed by atoms with Gasteiger partial charge in [-0.1, -0.05) is 41.9 Å². The van der Waals surface area contributed by atoms with Crippen LogP contribution in [0, 0.1) is 0 Å². The minimum Gasteiger partial charge on any atom is -0.508 e. The molecular weight excluding hydrogens is 522 g/mol. The van der Waals surface area contributed by atoms with E-state index < -0.39 is 34.4 Å². The third-order valence-electron chi connectivity index (χ3n) is 5.50. The number of allylic oxidation sites excluding steroid dienone is 3. The summed E-state index contributed by atoms with van der Waals surface area (Å²) in [6.07, 6.45) is 1.28. The molecule has 0 saturated heterocycles. The monoisotopic (exact) mass is 549 g/mol. The van der Waals surface area contributed by atoms with Crippen molar-refractivity contribution >= 4 is 39.1 Å². The van der Waals surface area contributed by atoms with E-state index in [1.54, 1.807) is 0 Å². The zero-order chi connectivity index (χ0) is 27.0. The molecule has 3 rings (SSSR count). The standard InChI is InChI=1S/C25H28ClN3O7S/c1-35-23-13-20(11-12-22(23)30)37(33,34)29(19-9-7-18(26)8-10-19)14-24(31)28-21(25(27)32)16-36-15-17-5-3-2-4-6-17/h2-10,13,21,30H,11-12,14-16H2,1H3,(H2,27,32)(H,28,31). The van der Waals surface area contributed by atoms with Crippen molar-refractivity contribution in [3.8, 4) is 0 Å². The zero-order valence-electron chi connectivity index (χ0n) is 20.1. The summed E-state index contributed by atoms with van der Waals surface area (Å²) in [5.41, 5.74) is 6.48. The Hall–Kier alpha value is -3.54. The predicted molar refractivity (Wildman–Crippen MR) is 139 cm³/mol. The summed E-state index contributed by atoms with van der Waals surface area (Å²) >= 11 is 5.96. The van der Waals surface area contributed by atoms with Crippen LogP contribution >= 0.6 is 11.6 Å². The molecule has 0 fully saturated rings. The summed E-state index contributed by atoms with van der Waals surface area (Å²) in [6.45, 7) is -0.653. The van der Waals surface area contributed by atoms with E-state index in [1.165, 1.54) is 37.5 Å². The molecule has 198 valence electrons. The molecule has 0 bridgehead atoms. The summed E-state index contributed by atoms with van der Waals surface area (Å²) in [5, 5.41) is 12.8. The number of anilines is 1. The molecule has 4 N–H and O–H groups in total. The number of ether oxygens (including phenoxy) is 2. The Kier molecular flexibility index (Phi) is 9.56. The Balaban J connectivity index is 1.79. The van der Waals surface area contributed by atoms with Gasteiger partial charge in [0, 0.05) is 17.5 Å². The largest absolute Gasteiger partial charge is 0.508 e. The Bertz CT molecular complexity index is 1280. The van der Waals surface area contributed by atoms with Crippen LogP contribution < -0.4 is 15.4 Å². The van der Waals surface area contributed by atoms with Crippen LogP contribution in [0.3, 0.4) is 0 Å². The predicted octanol–water partition coefficient (Wildman–Crippen LogP) is 2.76. The number of primary amides is 1. The molecule has 37 heavy (non-hydrogen) atoms. The van der Waals surface area contributed by atoms with Gasteiger partial charge in [0.05, 0.1) is 30.9 Å². The molecule has 1 aliphatic carbocycles. The maximum atomic E-state index is 13.6. The lowest BCUT2D eigenvalue weighted by molar-refractivity contribution is -0.128. The molecule has 0 saturated carbocycles. The van der Waals surface area contributed by atoms with E-state index in [0.717, 1.165) is 9.87 Å². The normalized spacial score (nSPS) is 14.5. The fraction of sp³-hybridized carbons (Fsp3) is 0.280. The number of methoxy groups -OCH3 is 1. The van der Waals surface area contributed by atoms with Crippen molar-refractivity contribution in [2.75, 3.05) is 24.6 Å². The van der Waals surface area contributed by atoms with Gasteiger partial charge in [0.1, 0.15) is 18.3 Å². The van der Waals surface area contributed by atoms with Crippen molar-refractivity contribution in [1.29, 1.82) is 0 Å². The Labute approximate surface area is 220 Å². The van der Waals surface area contributed by atoms with Gasteiger partial charge in [-0.2, -0.15) is 0 Å². The Morgan fingerprint density at radius 1 is 1.14 bits per heavy atom. The SMILES string of the molecule is COC1=C(O)CCC(S(=O)(=O)N(CC(=O)NC(COCc2ccccc2)C(N)=O)c2ccc(Cl)cc2)=C1. The molecular formula is C25H28ClN3O7S. The van der Waals surface area contributed by atoms with Crippen LogP contribution in [-0.2, 0) is 35.7 Å². The quantitative estimate of drug-likeness (QED) is 0.368. The fourth-order valence-corrected chi connectivity index (χ4v) is 5.26. The van der Waals surface area contributed by atoms with E-state index in [0.29, 0.717) is 5.02 Å². The van der Waals surface area contributed by atoms with Gasteiger partial charge < -0.3 is 25.6 Å². The number of nitrogens with one attached hydrogen (secondary N) is 1. The maximum Gasteiger partial charge on any atom is 0.261 e. The summed E-state index contributed by atoms with van der Waals surface area (Å²) in [6, 6.07) is 13.9. The lowest BCUT2D eigenvalue weighted by atomic mass is 10.1. The van der Waals surface area contributed by atoms with Gasteiger partial charge in [0.25, 0.3) is 10.0 Å². The number of hydrogen-bond acceptors (Lipinski definition) is 7. The second-order valence-corrected chi connectivity index (χ2v) is 10.5. The molecule has 1 unspecified atom stereocenters. The Morgan fingerprint density at radius 3 is 2.43 bits per heavy atom. The first-order valence-corrected chi connectivity index (χ1v) is 13.1. The number of nitrogens with two attached hydrogens (primary N) is 1. The van der Waals surface area contributed by atoms with Crippen molar-refractivity contribution in [1.82, 2.24) is 5.32 Å². The molecule has 0 radical (unpaired) electrons. The van der Waals surface area contributed by atoms with Gasteiger partial charge in [0.2, 0.25) is 11.8 Å². The minimum atomic E-state index is -4.24. The lowest BCUT2D eigenvalue weighted by Crippen LogP contribution is -2.51. The van der Waals surface area contributed by atoms with Crippen molar-refractivity contribution in [2.24, 2.45) is 5.73 Å². The molecule has 10 nitrogen and oxygen atoms in total. The zero-order valence-corrected chi connectivity index (χ0v) is 21.7. The van der Waals surface area contributed by atoms with E-state index in [2.05, 4.69) is 5.32 Å². The van der Waals surface area contributed by atoms with Crippen LogP contribution in [0.5, 0.6) is 0 Å². The highest BCUT2D eigenvalue weighted by atomic mass is 35.5. The van der Waals surface area contributed by atoms with Gasteiger partial charge in [0.15, 0.2) is 5.76 Å². The number of amides is 2. The third kappa shape index (κ3) is 7.48. The first-order chi connectivity index (χ1) is 17.6. The average Bonchev–Trinajstić information content (AvgIpc) is 2.88. The summed E-state index contributed by atoms with van der Waals surface area (Å²) < 4.78 is 38.7. The van der Waals surface area contributed by atoms with Crippen molar-refractivity contribution < 1.29 is 32.6 Å². The number of nitrogens with zero attached hydrogens (tertiary/aromatic N) is 1. The first-order valence-electron chi connectivity index (χ1n) is 11.3. The van der Waals surface area contributed by atoms with Gasteiger partial charge in [-0.15, -0.1) is 0 Å². The maximum absolute atomic E-state index is 13.6. The van der Waals surface area contributed by atoms with E-state index >= 15 is 0 Å². The molecule has 2 aromatic rings. The van der Waals surface area contributed by atoms with Crippen LogP contribution in [-0.4, -0.2) is 51.6 Å². The molecule has 0 aliphatic heterocycles. The second kappa shape index (κ2) is 12.6. The number of hydrogen-bond donors (Lipinski definition) is 3. The van der Waals surface area contributed by atoms with E-state index in [1.807, 2.05) is 30.3 Å². The molecule has 1 aliphatic rings. The van der Waals surface area contributed by atoms with Crippen molar-refractivity contribution in [3.63, 3.8) is 0 Å². The first kappa shape index (κ1) is 28.0. The molecule has 2 aromatic carbocycles. The van der Waals surface area contributed by atoms with Crippen LogP contribution in [0.15, 0.2) is 77.1 Å². The second-order valence-electron chi connectivity index (χ2n) is 8.14. The van der Waals surface area contributed by atoms with E-state index in [4.69, 9.17) is 26.8 Å². The van der Waals surface area contributed by atoms with Gasteiger partial charge in [-0.3, -0.25) is 13.9 Å². The number of halogens is 1. The van der Waals surface area contributed by atoms with Gasteiger partial charge >= 0.3 is 0 Å². The number of benzene rings is 2. The van der Waals surface area contributed by atoms with Gasteiger partial charge in [-0.25, -0.2) is 8.42 Å². The summed E-state index contributed by atoms with van der Waals surface area (Å²) in [5.74, 6) is -1.65. The van der Waals surface area contributed by atoms with Crippen LogP contribution in [0.2, 0.25) is 5.02 Å². The lowest BCUT2D eigenvalue weighted by Gasteiger charge is -2.27. The Morgan fingerprint density at radius 2 is 1.81 bits per heavy atom. The number of sulfonamides is 1. The van der Waals surface area contributed by atoms with E-state index in [9.17, 15) is 23.1 Å². The number of carbonyl (C=O) groups is 2. The van der Waals surface area contributed by atoms with Crippen LogP contribution in [0.4, 0.5) is 5.69 Å². The fourth-order valence-electron chi connectivity index (χ4n) is 3.54. The number of rotatable bonds is 12. The number of aliphatic hydroxyl groups is 1. The highest BCUT2D eigenvalue weighted by Crippen LogP contribution is 2.31. The van der Waals surface area contributed by atoms with Crippen LogP contribution in [0.1, 0.15) is 18.4 Å². The van der Waals surface area contributed by atoms with Gasteiger partial charge in [-0.05, 0) is 36.2 Å². The molecule has 2 amide bonds. The highest BCUT2D eigenvalue weighted by Gasteiger charge is 2.32. The topological polar surface area (TPSA) is 148 Å². The molecule has 0 aromatic heterocycles. The smallest absolute Gasteiger partial charge is 0.261 e.